The zero-order valence-electron chi connectivity index (χ0n) is 19.4. The number of carbonyl (C=O) groups is 3. The van der Waals surface area contributed by atoms with Crippen molar-refractivity contribution in [2.24, 2.45) is 7.05 Å². The van der Waals surface area contributed by atoms with Crippen LogP contribution in [-0.4, -0.2) is 57.5 Å². The number of ether oxygens (including phenoxy) is 2. The lowest BCUT2D eigenvalue weighted by atomic mass is 9.95. The van der Waals surface area contributed by atoms with Gasteiger partial charge >= 0.3 is 18.0 Å². The number of esters is 2. The maximum atomic E-state index is 13.1. The molecule has 3 aromatic heterocycles. The lowest BCUT2D eigenvalue weighted by Gasteiger charge is -2.18. The SMILES string of the molecule is CCNC(=O)Nc1ncc(-c2cncc(C(=O)OCC)c2)c(-c2ccnn2C)c1C(=O)OCC. The first-order valence-corrected chi connectivity index (χ1v) is 10.8. The van der Waals surface area contributed by atoms with Crippen LogP contribution in [0.25, 0.3) is 22.4 Å². The van der Waals surface area contributed by atoms with Crippen molar-refractivity contribution < 1.29 is 23.9 Å². The topological polar surface area (TPSA) is 137 Å². The number of aryl methyl sites for hydroxylation is 1. The van der Waals surface area contributed by atoms with Crippen LogP contribution in [0.1, 0.15) is 41.5 Å². The van der Waals surface area contributed by atoms with Crippen molar-refractivity contribution in [3.8, 4) is 22.4 Å². The summed E-state index contributed by atoms with van der Waals surface area (Å²) in [5, 5.41) is 9.45. The summed E-state index contributed by atoms with van der Waals surface area (Å²) in [7, 11) is 1.72. The van der Waals surface area contributed by atoms with Gasteiger partial charge in [0.15, 0.2) is 0 Å². The Kier molecular flexibility index (Phi) is 7.91. The zero-order valence-corrected chi connectivity index (χ0v) is 19.4. The summed E-state index contributed by atoms with van der Waals surface area (Å²) in [6, 6.07) is 2.81. The number of rotatable bonds is 8. The molecule has 3 heterocycles. The molecule has 2 N–H and O–H groups in total. The van der Waals surface area contributed by atoms with Gasteiger partial charge in [-0.05, 0) is 32.9 Å². The number of hydrogen-bond acceptors (Lipinski definition) is 8. The van der Waals surface area contributed by atoms with Gasteiger partial charge in [0.1, 0.15) is 11.4 Å². The fourth-order valence-electron chi connectivity index (χ4n) is 3.34. The predicted octanol–water partition coefficient (Wildman–Crippen LogP) is 3.04. The Morgan fingerprint density at radius 2 is 1.76 bits per heavy atom. The van der Waals surface area contributed by atoms with Crippen LogP contribution in [0, 0.1) is 0 Å². The van der Waals surface area contributed by atoms with Crippen LogP contribution in [0.15, 0.2) is 36.9 Å². The van der Waals surface area contributed by atoms with Crippen molar-refractivity contribution in [1.82, 2.24) is 25.1 Å². The number of carbonyl (C=O) groups excluding carboxylic acids is 3. The molecular weight excluding hydrogens is 440 g/mol. The molecular formula is C23H26N6O5. The first-order valence-electron chi connectivity index (χ1n) is 10.8. The number of nitrogens with zero attached hydrogens (tertiary/aromatic N) is 4. The fraction of sp³-hybridized carbons (Fsp3) is 0.304. The van der Waals surface area contributed by atoms with Crippen molar-refractivity contribution in [3.05, 3.63) is 48.0 Å². The van der Waals surface area contributed by atoms with Gasteiger partial charge < -0.3 is 14.8 Å². The van der Waals surface area contributed by atoms with Crippen LogP contribution in [0.5, 0.6) is 0 Å². The maximum Gasteiger partial charge on any atom is 0.342 e. The van der Waals surface area contributed by atoms with Gasteiger partial charge in [0.25, 0.3) is 0 Å². The Morgan fingerprint density at radius 1 is 1.03 bits per heavy atom. The summed E-state index contributed by atoms with van der Waals surface area (Å²) in [4.78, 5) is 46.2. The molecule has 0 aliphatic rings. The average molecular weight is 466 g/mol. The van der Waals surface area contributed by atoms with Gasteiger partial charge in [-0.3, -0.25) is 15.0 Å². The number of hydrogen-bond donors (Lipinski definition) is 2. The second-order valence-corrected chi connectivity index (χ2v) is 7.00. The van der Waals surface area contributed by atoms with Gasteiger partial charge in [0.2, 0.25) is 0 Å². The van der Waals surface area contributed by atoms with E-state index in [1.807, 2.05) is 0 Å². The molecule has 0 bridgehead atoms. The molecule has 3 aromatic rings. The Bertz CT molecular complexity index is 1210. The molecule has 0 radical (unpaired) electrons. The predicted molar refractivity (Wildman–Crippen MR) is 124 cm³/mol. The van der Waals surface area contributed by atoms with Crippen molar-refractivity contribution in [1.29, 1.82) is 0 Å². The Hall–Kier alpha value is -4.28. The number of urea groups is 1. The quantitative estimate of drug-likeness (QED) is 0.483. The summed E-state index contributed by atoms with van der Waals surface area (Å²) in [6.45, 7) is 5.90. The molecule has 178 valence electrons. The highest BCUT2D eigenvalue weighted by atomic mass is 16.5. The van der Waals surface area contributed by atoms with Crippen LogP contribution >= 0.6 is 0 Å². The van der Waals surface area contributed by atoms with E-state index < -0.39 is 18.0 Å². The largest absolute Gasteiger partial charge is 0.462 e. The number of nitrogens with one attached hydrogen (secondary N) is 2. The second-order valence-electron chi connectivity index (χ2n) is 7.00. The summed E-state index contributed by atoms with van der Waals surface area (Å²) >= 11 is 0. The molecule has 0 aliphatic heterocycles. The number of aromatic nitrogens is 4. The Balaban J connectivity index is 2.29. The lowest BCUT2D eigenvalue weighted by molar-refractivity contribution is 0.0517. The van der Waals surface area contributed by atoms with E-state index in [9.17, 15) is 14.4 Å². The smallest absolute Gasteiger partial charge is 0.342 e. The first kappa shape index (κ1) is 24.4. The first-order chi connectivity index (χ1) is 16.4. The van der Waals surface area contributed by atoms with E-state index in [1.54, 1.807) is 57.0 Å². The third-order valence-electron chi connectivity index (χ3n) is 4.77. The molecule has 11 heteroatoms. The van der Waals surface area contributed by atoms with E-state index in [4.69, 9.17) is 9.47 Å². The van der Waals surface area contributed by atoms with E-state index in [0.717, 1.165) is 0 Å². The van der Waals surface area contributed by atoms with Gasteiger partial charge in [-0.1, -0.05) is 0 Å². The van der Waals surface area contributed by atoms with Crippen LogP contribution < -0.4 is 10.6 Å². The van der Waals surface area contributed by atoms with E-state index in [-0.39, 0.29) is 30.2 Å². The molecule has 0 saturated heterocycles. The molecule has 0 saturated carbocycles. The monoisotopic (exact) mass is 466 g/mol. The van der Waals surface area contributed by atoms with Crippen LogP contribution in [0.3, 0.4) is 0 Å². The molecule has 0 aromatic carbocycles. The Labute approximate surface area is 196 Å². The highest BCUT2D eigenvalue weighted by molar-refractivity contribution is 6.08. The molecule has 0 atom stereocenters. The Morgan fingerprint density at radius 3 is 2.41 bits per heavy atom. The minimum Gasteiger partial charge on any atom is -0.462 e. The van der Waals surface area contributed by atoms with E-state index in [0.29, 0.717) is 28.9 Å². The summed E-state index contributed by atoms with van der Waals surface area (Å²) in [5.41, 5.74) is 2.30. The number of anilines is 1. The van der Waals surface area contributed by atoms with Crippen molar-refractivity contribution in [2.45, 2.75) is 20.8 Å². The third kappa shape index (κ3) is 5.20. The molecule has 0 unspecified atom stereocenters. The van der Waals surface area contributed by atoms with E-state index >= 15 is 0 Å². The third-order valence-corrected chi connectivity index (χ3v) is 4.77. The van der Waals surface area contributed by atoms with Crippen LogP contribution in [0.2, 0.25) is 0 Å². The molecule has 3 rings (SSSR count). The van der Waals surface area contributed by atoms with Crippen molar-refractivity contribution in [3.63, 3.8) is 0 Å². The molecule has 2 amide bonds. The highest BCUT2D eigenvalue weighted by Gasteiger charge is 2.27. The van der Waals surface area contributed by atoms with Crippen LogP contribution in [-0.2, 0) is 16.5 Å². The van der Waals surface area contributed by atoms with Gasteiger partial charge in [-0.2, -0.15) is 5.10 Å². The summed E-state index contributed by atoms with van der Waals surface area (Å²) < 4.78 is 12.0. The molecule has 11 nitrogen and oxygen atoms in total. The second kappa shape index (κ2) is 11.0. The fourth-order valence-corrected chi connectivity index (χ4v) is 3.34. The van der Waals surface area contributed by atoms with Gasteiger partial charge in [-0.15, -0.1) is 0 Å². The zero-order chi connectivity index (χ0) is 24.7. The normalized spacial score (nSPS) is 10.5. The average Bonchev–Trinajstić information content (AvgIpc) is 3.24. The van der Waals surface area contributed by atoms with E-state index in [1.165, 1.54) is 12.4 Å². The van der Waals surface area contributed by atoms with Crippen molar-refractivity contribution in [2.75, 3.05) is 25.1 Å². The number of pyridine rings is 2. The van der Waals surface area contributed by atoms with Gasteiger partial charge in [-0.25, -0.2) is 19.4 Å². The molecule has 0 spiro atoms. The molecule has 34 heavy (non-hydrogen) atoms. The molecule has 0 aliphatic carbocycles. The molecule has 0 fully saturated rings. The minimum atomic E-state index is -0.672. The minimum absolute atomic E-state index is 0.0267. The van der Waals surface area contributed by atoms with Gasteiger partial charge in [0, 0.05) is 55.1 Å². The van der Waals surface area contributed by atoms with Crippen molar-refractivity contribution >= 4 is 23.8 Å². The maximum absolute atomic E-state index is 13.1. The standard InChI is InChI=1S/C23H26N6O5/c1-5-25-23(32)28-20-19(22(31)34-7-3)18(17-8-9-27-29(17)4)16(13-26-20)14-10-15(12-24-11-14)21(30)33-6-2/h8-13H,5-7H2,1-4H3,(H2,25,26,28,32). The summed E-state index contributed by atoms with van der Waals surface area (Å²) in [5.74, 6) is -1.17. The lowest BCUT2D eigenvalue weighted by Crippen LogP contribution is -2.30. The van der Waals surface area contributed by atoms with E-state index in [2.05, 4.69) is 25.7 Å². The number of amides is 2. The van der Waals surface area contributed by atoms with Gasteiger partial charge in [0.05, 0.1) is 24.5 Å². The van der Waals surface area contributed by atoms with Crippen LogP contribution in [0.4, 0.5) is 10.6 Å². The highest BCUT2D eigenvalue weighted by Crippen LogP contribution is 2.37. The summed E-state index contributed by atoms with van der Waals surface area (Å²) in [6.07, 6.45) is 6.03.